The Morgan fingerprint density at radius 1 is 1.06 bits per heavy atom. The summed E-state index contributed by atoms with van der Waals surface area (Å²) in [7, 11) is 0. The van der Waals surface area contributed by atoms with E-state index in [2.05, 4.69) is 29.6 Å². The van der Waals surface area contributed by atoms with Gasteiger partial charge in [0.25, 0.3) is 0 Å². The Hall–Kier alpha value is -3.35. The van der Waals surface area contributed by atoms with Crippen molar-refractivity contribution in [2.45, 2.75) is 64.0 Å². The minimum Gasteiger partial charge on any atom is -0.480 e. The number of alkyl carbamates (subject to hydrolysis) is 1. The second kappa shape index (κ2) is 10.9. The van der Waals surface area contributed by atoms with Crippen molar-refractivity contribution < 1.29 is 24.2 Å². The summed E-state index contributed by atoms with van der Waals surface area (Å²) in [5.41, 5.74) is 4.60. The van der Waals surface area contributed by atoms with Crippen molar-refractivity contribution in [2.24, 2.45) is 5.92 Å². The van der Waals surface area contributed by atoms with Crippen LogP contribution in [0.3, 0.4) is 0 Å². The maximum atomic E-state index is 13.0. The highest BCUT2D eigenvalue weighted by atomic mass is 16.5. The molecule has 0 spiro atoms. The fourth-order valence-corrected chi connectivity index (χ4v) is 5.37. The van der Waals surface area contributed by atoms with Crippen LogP contribution in [0, 0.1) is 5.92 Å². The molecule has 2 N–H and O–H groups in total. The molecule has 4 rings (SSSR count). The zero-order valence-electron chi connectivity index (χ0n) is 20.4. The van der Waals surface area contributed by atoms with Crippen LogP contribution in [0.1, 0.15) is 63.0 Å². The maximum Gasteiger partial charge on any atom is 0.407 e. The van der Waals surface area contributed by atoms with Gasteiger partial charge in [-0.3, -0.25) is 4.79 Å². The van der Waals surface area contributed by atoms with E-state index in [1.165, 1.54) is 4.90 Å². The lowest BCUT2D eigenvalue weighted by atomic mass is 9.88. The molecule has 0 saturated carbocycles. The Labute approximate surface area is 206 Å². The SMILES string of the molecule is CCC1CCN(C(=O)C[C@H](CC)NC(=O)OCC2c3ccccc3-c3ccccc32)C(C(=O)O)C1. The minimum absolute atomic E-state index is 0.0361. The zero-order valence-corrected chi connectivity index (χ0v) is 20.4. The summed E-state index contributed by atoms with van der Waals surface area (Å²) in [6.45, 7) is 4.58. The van der Waals surface area contributed by atoms with Crippen LogP contribution in [0.25, 0.3) is 11.1 Å². The molecule has 0 bridgehead atoms. The molecule has 3 atom stereocenters. The van der Waals surface area contributed by atoms with Gasteiger partial charge in [-0.15, -0.1) is 0 Å². The first kappa shape index (κ1) is 24.8. The molecule has 0 radical (unpaired) electrons. The van der Waals surface area contributed by atoms with Gasteiger partial charge in [0.2, 0.25) is 5.91 Å². The van der Waals surface area contributed by atoms with Crippen molar-refractivity contribution in [3.63, 3.8) is 0 Å². The van der Waals surface area contributed by atoms with Gasteiger partial charge < -0.3 is 20.1 Å². The van der Waals surface area contributed by atoms with Gasteiger partial charge >= 0.3 is 12.1 Å². The van der Waals surface area contributed by atoms with Crippen LogP contribution in [0.5, 0.6) is 0 Å². The molecule has 2 aromatic rings. The monoisotopic (exact) mass is 478 g/mol. The molecule has 2 unspecified atom stereocenters. The molecule has 7 heteroatoms. The van der Waals surface area contributed by atoms with E-state index in [0.29, 0.717) is 25.3 Å². The van der Waals surface area contributed by atoms with Gasteiger partial charge in [0, 0.05) is 24.9 Å². The molecule has 186 valence electrons. The smallest absolute Gasteiger partial charge is 0.407 e. The van der Waals surface area contributed by atoms with Crippen molar-refractivity contribution in [1.82, 2.24) is 10.2 Å². The Kier molecular flexibility index (Phi) is 7.73. The molecule has 1 heterocycles. The molecule has 1 aliphatic heterocycles. The third-order valence-electron chi connectivity index (χ3n) is 7.47. The number of nitrogens with one attached hydrogen (secondary N) is 1. The maximum absolute atomic E-state index is 13.0. The fraction of sp³-hybridized carbons (Fsp3) is 0.464. The Balaban J connectivity index is 1.35. The van der Waals surface area contributed by atoms with Crippen LogP contribution in [0.2, 0.25) is 0 Å². The number of carbonyl (C=O) groups excluding carboxylic acids is 2. The number of nitrogens with zero attached hydrogens (tertiary/aromatic N) is 1. The molecule has 1 fully saturated rings. The van der Waals surface area contributed by atoms with Gasteiger partial charge in [0.05, 0.1) is 0 Å². The lowest BCUT2D eigenvalue weighted by Gasteiger charge is -2.37. The number of benzene rings is 2. The van der Waals surface area contributed by atoms with Crippen LogP contribution < -0.4 is 5.32 Å². The molecule has 2 aromatic carbocycles. The van der Waals surface area contributed by atoms with Gasteiger partial charge in [-0.25, -0.2) is 9.59 Å². The second-order valence-corrected chi connectivity index (χ2v) is 9.52. The van der Waals surface area contributed by atoms with Crippen molar-refractivity contribution in [3.05, 3.63) is 59.7 Å². The number of aliphatic carboxylic acids is 1. The number of ether oxygens (including phenoxy) is 1. The van der Waals surface area contributed by atoms with Crippen LogP contribution in [-0.2, 0) is 14.3 Å². The van der Waals surface area contributed by atoms with E-state index in [1.54, 1.807) is 0 Å². The summed E-state index contributed by atoms with van der Waals surface area (Å²) in [5.74, 6) is -0.918. The molecule has 1 aliphatic carbocycles. The van der Waals surface area contributed by atoms with E-state index < -0.39 is 24.1 Å². The summed E-state index contributed by atoms with van der Waals surface area (Å²) in [6.07, 6.45) is 2.23. The number of carbonyl (C=O) groups is 3. The largest absolute Gasteiger partial charge is 0.480 e. The summed E-state index contributed by atoms with van der Waals surface area (Å²) >= 11 is 0. The molecule has 7 nitrogen and oxygen atoms in total. The van der Waals surface area contributed by atoms with Crippen molar-refractivity contribution >= 4 is 18.0 Å². The highest BCUT2D eigenvalue weighted by molar-refractivity contribution is 5.84. The highest BCUT2D eigenvalue weighted by Gasteiger charge is 2.36. The Morgan fingerprint density at radius 3 is 2.26 bits per heavy atom. The quantitative estimate of drug-likeness (QED) is 0.568. The highest BCUT2D eigenvalue weighted by Crippen LogP contribution is 2.44. The number of carboxylic acids is 1. The molecule has 1 saturated heterocycles. The second-order valence-electron chi connectivity index (χ2n) is 9.52. The van der Waals surface area contributed by atoms with Crippen molar-refractivity contribution in [1.29, 1.82) is 0 Å². The number of fused-ring (bicyclic) bond motifs is 3. The van der Waals surface area contributed by atoms with Gasteiger partial charge in [0.1, 0.15) is 12.6 Å². The molecule has 35 heavy (non-hydrogen) atoms. The van der Waals surface area contributed by atoms with Crippen molar-refractivity contribution in [3.8, 4) is 11.1 Å². The molecule has 0 aromatic heterocycles. The predicted octanol–water partition coefficient (Wildman–Crippen LogP) is 4.80. The summed E-state index contributed by atoms with van der Waals surface area (Å²) in [6, 6.07) is 15.1. The number of piperidine rings is 1. The van der Waals surface area contributed by atoms with E-state index >= 15 is 0 Å². The zero-order chi connectivity index (χ0) is 24.9. The standard InChI is InChI=1S/C28H34N2O5/c1-3-18-13-14-30(25(15-18)27(32)33)26(31)16-19(4-2)29-28(34)35-17-24-22-11-7-5-9-20(22)21-10-6-8-12-23(21)24/h5-12,18-19,24-25H,3-4,13-17H2,1-2H3,(H,29,34)(H,32,33)/t18?,19-,25?/m0/s1. The van der Waals surface area contributed by atoms with E-state index in [1.807, 2.05) is 38.1 Å². The minimum atomic E-state index is -0.964. The van der Waals surface area contributed by atoms with Gasteiger partial charge in [-0.05, 0) is 47.4 Å². The number of carboxylic acid groups (broad SMARTS) is 1. The third-order valence-corrected chi connectivity index (χ3v) is 7.47. The first-order valence-electron chi connectivity index (χ1n) is 12.6. The number of likely N-dealkylation sites (tertiary alicyclic amines) is 1. The summed E-state index contributed by atoms with van der Waals surface area (Å²) in [5, 5.41) is 12.5. The van der Waals surface area contributed by atoms with Crippen molar-refractivity contribution in [2.75, 3.05) is 13.2 Å². The van der Waals surface area contributed by atoms with E-state index in [0.717, 1.165) is 35.1 Å². The third kappa shape index (κ3) is 5.34. The molecule has 2 amide bonds. The lowest BCUT2D eigenvalue weighted by molar-refractivity contribution is -0.153. The normalized spacial score (nSPS) is 20.0. The Bertz CT molecular complexity index is 1040. The average Bonchev–Trinajstić information content (AvgIpc) is 3.20. The van der Waals surface area contributed by atoms with Gasteiger partial charge in [-0.2, -0.15) is 0 Å². The first-order chi connectivity index (χ1) is 16.9. The van der Waals surface area contributed by atoms with Gasteiger partial charge in [-0.1, -0.05) is 68.8 Å². The van der Waals surface area contributed by atoms with Crippen LogP contribution in [0.15, 0.2) is 48.5 Å². The van der Waals surface area contributed by atoms with Crippen LogP contribution >= 0.6 is 0 Å². The van der Waals surface area contributed by atoms with E-state index in [4.69, 9.17) is 4.74 Å². The van der Waals surface area contributed by atoms with Crippen LogP contribution in [-0.4, -0.2) is 53.2 Å². The lowest BCUT2D eigenvalue weighted by Crippen LogP contribution is -2.51. The number of hydrogen-bond donors (Lipinski definition) is 2. The molecular formula is C28H34N2O5. The predicted molar refractivity (Wildman–Crippen MR) is 133 cm³/mol. The summed E-state index contributed by atoms with van der Waals surface area (Å²) < 4.78 is 5.62. The first-order valence-corrected chi connectivity index (χ1v) is 12.6. The average molecular weight is 479 g/mol. The Morgan fingerprint density at radius 2 is 1.69 bits per heavy atom. The number of amides is 2. The number of rotatable bonds is 8. The number of hydrogen-bond acceptors (Lipinski definition) is 4. The van der Waals surface area contributed by atoms with Gasteiger partial charge in [0.15, 0.2) is 0 Å². The summed E-state index contributed by atoms with van der Waals surface area (Å²) in [4.78, 5) is 38.9. The molecular weight excluding hydrogens is 444 g/mol. The van der Waals surface area contributed by atoms with Crippen LogP contribution in [0.4, 0.5) is 4.79 Å². The van der Waals surface area contributed by atoms with E-state index in [9.17, 15) is 19.5 Å². The topological polar surface area (TPSA) is 95.9 Å². The fourth-order valence-electron chi connectivity index (χ4n) is 5.37. The molecule has 2 aliphatic rings. The van der Waals surface area contributed by atoms with E-state index in [-0.39, 0.29) is 24.9 Å².